The van der Waals surface area contributed by atoms with Crippen LogP contribution in [0.3, 0.4) is 0 Å². The molecule has 0 aliphatic carbocycles. The summed E-state index contributed by atoms with van der Waals surface area (Å²) in [7, 11) is 0. The molecular weight excluding hydrogens is 324 g/mol. The van der Waals surface area contributed by atoms with Gasteiger partial charge in [-0.25, -0.2) is 4.79 Å². The fourth-order valence-electron chi connectivity index (χ4n) is 1.51. The van der Waals surface area contributed by atoms with Crippen molar-refractivity contribution in [3.8, 4) is 0 Å². The van der Waals surface area contributed by atoms with Crippen LogP contribution in [0.5, 0.6) is 0 Å². The highest BCUT2D eigenvalue weighted by molar-refractivity contribution is 5.79. The molecule has 9 heteroatoms. The SMILES string of the molecule is O=C(O)C=CCCC(CO)(CO)CO.O=C(O)CCCCC(=O)O. The maximum atomic E-state index is 10.1. The summed E-state index contributed by atoms with van der Waals surface area (Å²) in [6, 6.07) is 0. The van der Waals surface area contributed by atoms with Gasteiger partial charge in [0.1, 0.15) is 0 Å². The molecule has 0 aliphatic rings. The topological polar surface area (TPSA) is 173 Å². The summed E-state index contributed by atoms with van der Waals surface area (Å²) in [5, 5.41) is 51.3. The third-order valence-electron chi connectivity index (χ3n) is 3.14. The molecule has 0 spiro atoms. The van der Waals surface area contributed by atoms with Gasteiger partial charge >= 0.3 is 17.9 Å². The summed E-state index contributed by atoms with van der Waals surface area (Å²) >= 11 is 0. The Balaban J connectivity index is 0. The van der Waals surface area contributed by atoms with Gasteiger partial charge in [-0.2, -0.15) is 0 Å². The average molecular weight is 350 g/mol. The molecule has 0 aromatic heterocycles. The Labute approximate surface area is 139 Å². The predicted octanol–water partition coefficient (Wildman–Crippen LogP) is 0.0867. The Bertz CT molecular complexity index is 375. The summed E-state index contributed by atoms with van der Waals surface area (Å²) in [5.74, 6) is -2.77. The molecule has 6 N–H and O–H groups in total. The lowest BCUT2D eigenvalue weighted by Crippen LogP contribution is -2.33. The van der Waals surface area contributed by atoms with Crippen LogP contribution < -0.4 is 0 Å². The monoisotopic (exact) mass is 350 g/mol. The fourth-order valence-corrected chi connectivity index (χ4v) is 1.51. The van der Waals surface area contributed by atoms with Gasteiger partial charge in [0.2, 0.25) is 0 Å². The van der Waals surface area contributed by atoms with Crippen molar-refractivity contribution in [3.05, 3.63) is 12.2 Å². The number of hydrogen-bond acceptors (Lipinski definition) is 6. The molecule has 0 heterocycles. The molecule has 9 nitrogen and oxygen atoms in total. The van der Waals surface area contributed by atoms with Gasteiger partial charge in [-0.3, -0.25) is 9.59 Å². The lowest BCUT2D eigenvalue weighted by molar-refractivity contribution is -0.139. The first-order valence-electron chi connectivity index (χ1n) is 7.38. The van der Waals surface area contributed by atoms with E-state index in [1.807, 2.05) is 0 Å². The van der Waals surface area contributed by atoms with Gasteiger partial charge in [-0.1, -0.05) is 6.08 Å². The van der Waals surface area contributed by atoms with Crippen LogP contribution in [0.15, 0.2) is 12.2 Å². The zero-order valence-corrected chi connectivity index (χ0v) is 13.4. The summed E-state index contributed by atoms with van der Waals surface area (Å²) in [6.07, 6.45) is 4.19. The van der Waals surface area contributed by atoms with Gasteiger partial charge in [0, 0.05) is 24.3 Å². The van der Waals surface area contributed by atoms with E-state index in [2.05, 4.69) is 0 Å². The highest BCUT2D eigenvalue weighted by Crippen LogP contribution is 2.21. The molecule has 0 saturated carbocycles. The van der Waals surface area contributed by atoms with E-state index in [9.17, 15) is 14.4 Å². The standard InChI is InChI=1S/C9H16O5.C6H10O4/c10-5-9(6-11,7-12)4-2-1-3-8(13)14;7-5(8)3-1-2-4-6(9)10/h1,3,10-12H,2,4-7H2,(H,13,14);1-4H2,(H,7,8)(H,9,10). The second-order valence-corrected chi connectivity index (χ2v) is 5.25. The predicted molar refractivity (Wildman–Crippen MR) is 83.4 cm³/mol. The Kier molecular flexibility index (Phi) is 14.8. The molecule has 0 saturated heterocycles. The first-order valence-corrected chi connectivity index (χ1v) is 7.38. The van der Waals surface area contributed by atoms with Crippen molar-refractivity contribution < 1.29 is 45.0 Å². The van der Waals surface area contributed by atoms with E-state index in [1.54, 1.807) is 0 Å². The van der Waals surface area contributed by atoms with Crippen molar-refractivity contribution in [2.45, 2.75) is 38.5 Å². The summed E-state index contributed by atoms with van der Waals surface area (Å²) < 4.78 is 0. The van der Waals surface area contributed by atoms with Crippen LogP contribution in [0, 0.1) is 5.41 Å². The number of hydrogen-bond donors (Lipinski definition) is 6. The zero-order chi connectivity index (χ0) is 19.0. The third-order valence-corrected chi connectivity index (χ3v) is 3.14. The van der Waals surface area contributed by atoms with E-state index in [4.69, 9.17) is 30.6 Å². The number of aliphatic hydroxyl groups excluding tert-OH is 3. The first-order chi connectivity index (χ1) is 11.2. The molecule has 0 atom stereocenters. The third kappa shape index (κ3) is 14.9. The minimum atomic E-state index is -1.03. The van der Waals surface area contributed by atoms with E-state index >= 15 is 0 Å². The molecule has 0 rings (SSSR count). The van der Waals surface area contributed by atoms with Crippen molar-refractivity contribution in [1.82, 2.24) is 0 Å². The minimum Gasteiger partial charge on any atom is -0.481 e. The molecule has 0 aromatic rings. The van der Waals surface area contributed by atoms with Crippen LogP contribution in [0.25, 0.3) is 0 Å². The van der Waals surface area contributed by atoms with Gasteiger partial charge in [0.25, 0.3) is 0 Å². The van der Waals surface area contributed by atoms with Gasteiger partial charge in [0.05, 0.1) is 19.8 Å². The summed E-state index contributed by atoms with van der Waals surface area (Å²) in [6.45, 7) is -0.956. The van der Waals surface area contributed by atoms with Crippen LogP contribution in [-0.2, 0) is 14.4 Å². The van der Waals surface area contributed by atoms with Crippen molar-refractivity contribution in [2.75, 3.05) is 19.8 Å². The number of carbonyl (C=O) groups is 3. The maximum Gasteiger partial charge on any atom is 0.327 e. The van der Waals surface area contributed by atoms with Crippen molar-refractivity contribution >= 4 is 17.9 Å². The highest BCUT2D eigenvalue weighted by atomic mass is 16.4. The zero-order valence-electron chi connectivity index (χ0n) is 13.4. The Morgan fingerprint density at radius 1 is 0.792 bits per heavy atom. The minimum absolute atomic E-state index is 0.0628. The van der Waals surface area contributed by atoms with Crippen LogP contribution in [0.2, 0.25) is 0 Å². The quantitative estimate of drug-likeness (QED) is 0.210. The Morgan fingerprint density at radius 2 is 1.21 bits per heavy atom. The molecule has 0 fully saturated rings. The van der Waals surface area contributed by atoms with Crippen LogP contribution in [0.4, 0.5) is 0 Å². The largest absolute Gasteiger partial charge is 0.481 e. The summed E-state index contributed by atoms with van der Waals surface area (Å²) in [4.78, 5) is 29.9. The van der Waals surface area contributed by atoms with Gasteiger partial charge in [0.15, 0.2) is 0 Å². The normalized spacial score (nSPS) is 11.0. The Morgan fingerprint density at radius 3 is 1.50 bits per heavy atom. The van der Waals surface area contributed by atoms with Crippen molar-refractivity contribution in [1.29, 1.82) is 0 Å². The van der Waals surface area contributed by atoms with Crippen LogP contribution in [-0.4, -0.2) is 68.4 Å². The van der Waals surface area contributed by atoms with Gasteiger partial charge in [-0.05, 0) is 25.7 Å². The number of aliphatic carboxylic acids is 3. The lowest BCUT2D eigenvalue weighted by atomic mass is 9.86. The van der Waals surface area contributed by atoms with Crippen molar-refractivity contribution in [2.24, 2.45) is 5.41 Å². The van der Waals surface area contributed by atoms with E-state index < -0.39 is 23.3 Å². The van der Waals surface area contributed by atoms with Crippen LogP contribution >= 0.6 is 0 Å². The number of allylic oxidation sites excluding steroid dienone is 1. The second-order valence-electron chi connectivity index (χ2n) is 5.25. The fraction of sp³-hybridized carbons (Fsp3) is 0.667. The van der Waals surface area contributed by atoms with E-state index in [-0.39, 0.29) is 32.7 Å². The molecular formula is C15H26O9. The van der Waals surface area contributed by atoms with Crippen LogP contribution in [0.1, 0.15) is 38.5 Å². The number of unbranched alkanes of at least 4 members (excludes halogenated alkanes) is 1. The van der Waals surface area contributed by atoms with E-state index in [1.165, 1.54) is 6.08 Å². The molecule has 24 heavy (non-hydrogen) atoms. The molecule has 0 aromatic carbocycles. The molecule has 0 radical (unpaired) electrons. The average Bonchev–Trinajstić information content (AvgIpc) is 2.52. The number of rotatable bonds is 12. The molecule has 0 aliphatic heterocycles. The number of carboxylic acids is 3. The second kappa shape index (κ2) is 14.6. The van der Waals surface area contributed by atoms with Gasteiger partial charge < -0.3 is 30.6 Å². The smallest absolute Gasteiger partial charge is 0.327 e. The molecule has 0 unspecified atom stereocenters. The van der Waals surface area contributed by atoms with E-state index in [0.29, 0.717) is 25.7 Å². The van der Waals surface area contributed by atoms with E-state index in [0.717, 1.165) is 6.08 Å². The summed E-state index contributed by atoms with van der Waals surface area (Å²) in [5.41, 5.74) is -0.914. The number of aliphatic hydroxyl groups is 3. The highest BCUT2D eigenvalue weighted by Gasteiger charge is 2.26. The van der Waals surface area contributed by atoms with Gasteiger partial charge in [-0.15, -0.1) is 0 Å². The first kappa shape index (κ1) is 24.3. The molecule has 0 bridgehead atoms. The molecule has 0 amide bonds. The Hall–Kier alpha value is -1.97. The van der Waals surface area contributed by atoms with Crippen molar-refractivity contribution in [3.63, 3.8) is 0 Å². The number of carboxylic acid groups (broad SMARTS) is 3. The maximum absolute atomic E-state index is 10.1. The lowest BCUT2D eigenvalue weighted by Gasteiger charge is -2.26. The molecule has 140 valence electrons.